The van der Waals surface area contributed by atoms with E-state index in [0.717, 1.165) is 115 Å². The molecule has 9 atom stereocenters. The van der Waals surface area contributed by atoms with Crippen molar-refractivity contribution < 1.29 is 42.8 Å². The number of aliphatic hydroxyl groups excluding tert-OH is 3. The number of rotatable bonds is 13. The van der Waals surface area contributed by atoms with Crippen LogP contribution >= 0.6 is 0 Å². The van der Waals surface area contributed by atoms with Gasteiger partial charge in [-0.05, 0) is 134 Å². The molecule has 0 radical (unpaired) electrons. The van der Waals surface area contributed by atoms with Gasteiger partial charge in [-0.15, -0.1) is 0 Å². The largest absolute Gasteiger partial charge is 0.494 e. The van der Waals surface area contributed by atoms with Crippen molar-refractivity contribution in [1.82, 2.24) is 25.1 Å². The fourth-order valence-electron chi connectivity index (χ4n) is 12.1. The highest BCUT2D eigenvalue weighted by Gasteiger charge is 2.54. The van der Waals surface area contributed by atoms with Crippen LogP contribution in [0, 0.1) is 23.2 Å². The van der Waals surface area contributed by atoms with E-state index < -0.39 is 36.2 Å². The first-order valence-electron chi connectivity index (χ1n) is 24.0. The van der Waals surface area contributed by atoms with Crippen molar-refractivity contribution in [2.45, 2.75) is 107 Å². The van der Waals surface area contributed by atoms with Crippen molar-refractivity contribution in [1.29, 1.82) is 0 Å². The van der Waals surface area contributed by atoms with E-state index in [1.807, 2.05) is 24.3 Å². The molecule has 1 aromatic heterocycles. The molecule has 13 nitrogen and oxygen atoms in total. The Morgan fingerprint density at radius 1 is 0.908 bits per heavy atom. The number of aromatic nitrogens is 2. The molecule has 5 fully saturated rings. The number of halogens is 3. The fraction of sp³-hybridized carbons (Fsp3) is 0.653. The van der Waals surface area contributed by atoms with E-state index in [1.54, 1.807) is 0 Å². The van der Waals surface area contributed by atoms with Crippen LogP contribution in [0.5, 0.6) is 5.75 Å². The number of hydrogen-bond donors (Lipinski definition) is 5. The van der Waals surface area contributed by atoms with Crippen molar-refractivity contribution in [2.75, 3.05) is 82.3 Å². The maximum absolute atomic E-state index is 13.1. The predicted octanol–water partition coefficient (Wildman–Crippen LogP) is 5.35. The average Bonchev–Trinajstić information content (AvgIpc) is 3.62. The summed E-state index contributed by atoms with van der Waals surface area (Å²) in [5.41, 5.74) is 3.64. The van der Waals surface area contributed by atoms with E-state index in [1.165, 1.54) is 17.5 Å². The number of fused-ring (bicyclic) bond motifs is 5. The van der Waals surface area contributed by atoms with Crippen LogP contribution in [0.4, 0.5) is 24.7 Å². The summed E-state index contributed by atoms with van der Waals surface area (Å²) < 4.78 is 51.2. The summed E-state index contributed by atoms with van der Waals surface area (Å²) in [6, 6.07) is 13.7. The molecule has 3 saturated heterocycles. The number of piperidine rings is 1. The van der Waals surface area contributed by atoms with Gasteiger partial charge in [0.25, 0.3) is 5.91 Å². The Kier molecular flexibility index (Phi) is 13.9. The molecule has 0 unspecified atom stereocenters. The molecule has 0 spiro atoms. The number of ether oxygens (including phenoxy) is 2. The summed E-state index contributed by atoms with van der Waals surface area (Å²) in [4.78, 5) is 27.2. The van der Waals surface area contributed by atoms with Gasteiger partial charge in [-0.25, -0.2) is 4.98 Å². The lowest BCUT2D eigenvalue weighted by atomic mass is 9.55. The minimum atomic E-state index is -4.65. The van der Waals surface area contributed by atoms with Gasteiger partial charge in [-0.2, -0.15) is 13.2 Å². The van der Waals surface area contributed by atoms with E-state index in [-0.39, 0.29) is 29.9 Å². The van der Waals surface area contributed by atoms with Gasteiger partial charge in [0.05, 0.1) is 43.9 Å². The summed E-state index contributed by atoms with van der Waals surface area (Å²) >= 11 is 0. The molecule has 3 aliphatic heterocycles. The zero-order valence-corrected chi connectivity index (χ0v) is 37.5. The fourth-order valence-corrected chi connectivity index (χ4v) is 12.1. The molecule has 2 aromatic carbocycles. The van der Waals surface area contributed by atoms with Crippen molar-refractivity contribution in [3.63, 3.8) is 0 Å². The maximum Gasteiger partial charge on any atom is 0.434 e. The Balaban J connectivity index is 0.641. The third-order valence-electron chi connectivity index (χ3n) is 15.9. The molecule has 0 bridgehead atoms. The zero-order chi connectivity index (χ0) is 45.3. The minimum absolute atomic E-state index is 0.00237. The number of aliphatic hydroxyl groups is 3. The normalized spacial score (nSPS) is 31.2. The standard InChI is InChI=1S/C49H66F3N7O6/c1-48-16-13-37-36-10-8-35(25-33(36)5-9-38(37)39(48)11-12-43(48)60)64-24-2-17-54-47(63)32-3-6-34(7-4-32)59-18-14-31(15-19-59)28-57-20-22-58(23-21-57)29-41-46(62)45(61)40(30-65-41)55-44-27-53-26-42(56-44)49(50,51)52/h3-4,6-8,10,25-27,31,37-41,43,45-46,60-62H,2,5,9,11-24,28-30H2,1H3,(H,54,63)(H,55,56)/t37-,38-,39+,40+,41-,43+,45-,46+,48+/m1/s1. The molecule has 2 saturated carbocycles. The van der Waals surface area contributed by atoms with E-state index in [9.17, 15) is 33.3 Å². The molecule has 6 aliphatic rings. The van der Waals surface area contributed by atoms with E-state index in [2.05, 4.69) is 60.4 Å². The molecular formula is C49H66F3N7O6. The third-order valence-corrected chi connectivity index (χ3v) is 15.9. The van der Waals surface area contributed by atoms with E-state index in [4.69, 9.17) is 9.47 Å². The lowest BCUT2D eigenvalue weighted by Crippen LogP contribution is -2.59. The number of carbonyl (C=O) groups excluding carboxylic acids is 1. The van der Waals surface area contributed by atoms with Gasteiger partial charge in [0, 0.05) is 70.2 Å². The van der Waals surface area contributed by atoms with Gasteiger partial charge >= 0.3 is 6.18 Å². The average molecular weight is 906 g/mol. The summed E-state index contributed by atoms with van der Waals surface area (Å²) in [6.45, 7) is 10.2. The lowest BCUT2D eigenvalue weighted by molar-refractivity contribution is -0.148. The van der Waals surface area contributed by atoms with Gasteiger partial charge < -0.3 is 45.2 Å². The highest BCUT2D eigenvalue weighted by atomic mass is 19.4. The van der Waals surface area contributed by atoms with Crippen LogP contribution in [0.3, 0.4) is 0 Å². The summed E-state index contributed by atoms with van der Waals surface area (Å²) in [6.07, 6.45) is 3.45. The van der Waals surface area contributed by atoms with Crippen LogP contribution in [-0.4, -0.2) is 144 Å². The quantitative estimate of drug-likeness (QED) is 0.141. The number of aryl methyl sites for hydroxylation is 1. The Morgan fingerprint density at radius 2 is 1.66 bits per heavy atom. The second-order valence-corrected chi connectivity index (χ2v) is 19.8. The Hall–Kier alpha value is -4.06. The van der Waals surface area contributed by atoms with Gasteiger partial charge in [0.1, 0.15) is 23.8 Å². The molecule has 65 heavy (non-hydrogen) atoms. The Labute approximate surface area is 380 Å². The van der Waals surface area contributed by atoms with E-state index in [0.29, 0.717) is 55.1 Å². The Bertz CT molecular complexity index is 2080. The number of amides is 1. The summed E-state index contributed by atoms with van der Waals surface area (Å²) in [5.74, 6) is 3.18. The number of piperazine rings is 1. The van der Waals surface area contributed by atoms with Crippen molar-refractivity contribution in [3.8, 4) is 5.75 Å². The second-order valence-electron chi connectivity index (χ2n) is 19.8. The van der Waals surface area contributed by atoms with Crippen LogP contribution in [0.1, 0.15) is 91.4 Å². The van der Waals surface area contributed by atoms with Gasteiger partial charge in [0.15, 0.2) is 5.69 Å². The van der Waals surface area contributed by atoms with Crippen LogP contribution in [0.15, 0.2) is 54.9 Å². The zero-order valence-electron chi connectivity index (χ0n) is 37.5. The summed E-state index contributed by atoms with van der Waals surface area (Å²) in [5, 5.41) is 38.2. The number of hydrogen-bond acceptors (Lipinski definition) is 12. The molecule has 16 heteroatoms. The van der Waals surface area contributed by atoms with Crippen LogP contribution in [-0.2, 0) is 17.3 Å². The van der Waals surface area contributed by atoms with Crippen molar-refractivity contribution in [3.05, 3.63) is 77.2 Å². The van der Waals surface area contributed by atoms with Gasteiger partial charge in [-0.1, -0.05) is 13.0 Å². The first-order valence-corrected chi connectivity index (χ1v) is 24.0. The first-order chi connectivity index (χ1) is 31.3. The molecule has 354 valence electrons. The first kappa shape index (κ1) is 46.1. The SMILES string of the molecule is C[C@]12CC[C@@H]3c4ccc(OCCCNC(=O)c5ccc(N6CCC(CN7CCN(C[C@H]8OC[C@H](Nc9cncc(C(F)(F)F)n9)[C@@H](O)[C@H]8O)CC7)CC6)cc5)cc4CC[C@H]3[C@@H]1CC[C@@H]2O. The van der Waals surface area contributed by atoms with Crippen LogP contribution < -0.4 is 20.3 Å². The van der Waals surface area contributed by atoms with Gasteiger partial charge in [-0.3, -0.25) is 14.7 Å². The molecule has 9 rings (SSSR count). The number of alkyl halides is 3. The van der Waals surface area contributed by atoms with Crippen LogP contribution in [0.25, 0.3) is 0 Å². The molecule has 3 aliphatic carbocycles. The molecule has 3 aromatic rings. The topological polar surface area (TPSA) is 156 Å². The molecule has 4 heterocycles. The molecule has 1 amide bonds. The van der Waals surface area contributed by atoms with E-state index >= 15 is 0 Å². The Morgan fingerprint density at radius 3 is 2.42 bits per heavy atom. The smallest absolute Gasteiger partial charge is 0.434 e. The predicted molar refractivity (Wildman–Crippen MR) is 240 cm³/mol. The van der Waals surface area contributed by atoms with Crippen molar-refractivity contribution in [2.24, 2.45) is 23.2 Å². The molecule has 5 N–H and O–H groups in total. The molecular weight excluding hydrogens is 840 g/mol. The number of nitrogens with zero attached hydrogens (tertiary/aromatic N) is 5. The van der Waals surface area contributed by atoms with Crippen LogP contribution in [0.2, 0.25) is 0 Å². The second kappa shape index (κ2) is 19.7. The summed E-state index contributed by atoms with van der Waals surface area (Å²) in [7, 11) is 0. The maximum atomic E-state index is 13.1. The monoisotopic (exact) mass is 906 g/mol. The third kappa shape index (κ3) is 10.3. The van der Waals surface area contributed by atoms with Gasteiger partial charge in [0.2, 0.25) is 0 Å². The number of anilines is 2. The highest BCUT2D eigenvalue weighted by Crippen LogP contribution is 2.61. The number of carbonyl (C=O) groups is 1. The highest BCUT2D eigenvalue weighted by molar-refractivity contribution is 5.94. The number of benzene rings is 2. The lowest BCUT2D eigenvalue weighted by Gasteiger charge is -2.50. The minimum Gasteiger partial charge on any atom is -0.494 e. The van der Waals surface area contributed by atoms with Crippen molar-refractivity contribution >= 4 is 17.4 Å². The number of nitrogens with one attached hydrogen (secondary N) is 2.